The molecule has 0 amide bonds. The zero-order valence-corrected chi connectivity index (χ0v) is 14.1. The molecule has 0 spiro atoms. The Bertz CT molecular complexity index is 649. The van der Waals surface area contributed by atoms with Gasteiger partial charge in [0.25, 0.3) is 0 Å². The Hall–Kier alpha value is -1.53. The highest BCUT2D eigenvalue weighted by atomic mass is 32.2. The highest BCUT2D eigenvalue weighted by Crippen LogP contribution is 2.29. The van der Waals surface area contributed by atoms with Crippen molar-refractivity contribution >= 4 is 34.7 Å². The van der Waals surface area contributed by atoms with E-state index in [0.29, 0.717) is 11.5 Å². The maximum absolute atomic E-state index is 5.91. The van der Waals surface area contributed by atoms with Gasteiger partial charge in [0.15, 0.2) is 0 Å². The van der Waals surface area contributed by atoms with E-state index in [1.165, 1.54) is 5.56 Å². The number of hydrogen-bond acceptors (Lipinski definition) is 4. The summed E-state index contributed by atoms with van der Waals surface area (Å²) in [6, 6.07) is 6.10. The van der Waals surface area contributed by atoms with E-state index >= 15 is 0 Å². The summed E-state index contributed by atoms with van der Waals surface area (Å²) in [5.74, 6) is 0.987. The molecule has 0 aliphatic heterocycles. The van der Waals surface area contributed by atoms with Crippen LogP contribution in [0.3, 0.4) is 0 Å². The van der Waals surface area contributed by atoms with Crippen LogP contribution in [0, 0.1) is 6.92 Å². The van der Waals surface area contributed by atoms with E-state index in [4.69, 9.17) is 18.0 Å². The Balaban J connectivity index is 2.25. The number of thiocarbonyl (C=S) groups is 1. The van der Waals surface area contributed by atoms with Gasteiger partial charge in [0.05, 0.1) is 5.69 Å². The van der Waals surface area contributed by atoms with Crippen LogP contribution in [0.2, 0.25) is 0 Å². The van der Waals surface area contributed by atoms with Gasteiger partial charge < -0.3 is 11.1 Å². The first-order valence-corrected chi connectivity index (χ1v) is 8.21. The largest absolute Gasteiger partial charge is 0.389 e. The lowest BCUT2D eigenvalue weighted by atomic mass is 10.1. The summed E-state index contributed by atoms with van der Waals surface area (Å²) >= 11 is 6.97. The fraction of sp³-hybridized carbons (Fsp3) is 0.333. The van der Waals surface area contributed by atoms with Crippen molar-refractivity contribution < 1.29 is 0 Å². The number of anilines is 1. The summed E-state index contributed by atoms with van der Waals surface area (Å²) in [7, 11) is 1.93. The van der Waals surface area contributed by atoms with Crippen molar-refractivity contribution in [3.63, 3.8) is 0 Å². The number of benzene rings is 1. The van der Waals surface area contributed by atoms with Crippen LogP contribution >= 0.6 is 24.0 Å². The molecule has 1 heterocycles. The van der Waals surface area contributed by atoms with Gasteiger partial charge in [0, 0.05) is 41.5 Å². The Labute approximate surface area is 135 Å². The molecular formula is C15H20N4S2. The predicted molar refractivity (Wildman–Crippen MR) is 94.0 cm³/mol. The lowest BCUT2D eigenvalue weighted by Crippen LogP contribution is -2.14. The van der Waals surface area contributed by atoms with Gasteiger partial charge in [-0.25, -0.2) is 0 Å². The number of aromatic nitrogens is 2. The number of nitrogens with zero attached hydrogens (tertiary/aromatic N) is 2. The van der Waals surface area contributed by atoms with Crippen LogP contribution in [0.4, 0.5) is 5.69 Å². The Kier molecular flexibility index (Phi) is 5.25. The lowest BCUT2D eigenvalue weighted by Gasteiger charge is -2.14. The average molecular weight is 320 g/mol. The maximum Gasteiger partial charge on any atom is 0.107 e. The molecule has 0 atom stereocenters. The second-order valence-electron chi connectivity index (χ2n) is 4.74. The van der Waals surface area contributed by atoms with Crippen molar-refractivity contribution in [3.05, 3.63) is 41.2 Å². The number of aryl methyl sites for hydroxylation is 2. The van der Waals surface area contributed by atoms with Crippen molar-refractivity contribution in [1.29, 1.82) is 0 Å². The van der Waals surface area contributed by atoms with Crippen LogP contribution < -0.4 is 11.1 Å². The van der Waals surface area contributed by atoms with Gasteiger partial charge in [-0.3, -0.25) is 4.68 Å². The van der Waals surface area contributed by atoms with Gasteiger partial charge in [0.1, 0.15) is 4.99 Å². The highest BCUT2D eigenvalue weighted by molar-refractivity contribution is 7.99. The normalized spacial score (nSPS) is 10.6. The first-order chi connectivity index (χ1) is 10.0. The van der Waals surface area contributed by atoms with Crippen LogP contribution in [0.5, 0.6) is 0 Å². The molecule has 0 radical (unpaired) electrons. The van der Waals surface area contributed by atoms with Crippen molar-refractivity contribution in [2.75, 3.05) is 11.1 Å². The molecule has 0 fully saturated rings. The van der Waals surface area contributed by atoms with Gasteiger partial charge in [-0.1, -0.05) is 25.2 Å². The zero-order chi connectivity index (χ0) is 15.4. The van der Waals surface area contributed by atoms with E-state index in [2.05, 4.69) is 23.4 Å². The van der Waals surface area contributed by atoms with Crippen molar-refractivity contribution in [2.45, 2.75) is 25.3 Å². The SMILES string of the molecule is CCSc1cccc(NCc2cn(C)nc2C)c1C(N)=S. The number of nitrogens with two attached hydrogens (primary N) is 1. The summed E-state index contributed by atoms with van der Waals surface area (Å²) < 4.78 is 1.82. The van der Waals surface area contributed by atoms with Gasteiger partial charge in [-0.05, 0) is 24.8 Å². The first-order valence-electron chi connectivity index (χ1n) is 6.81. The predicted octanol–water partition coefficient (Wildman–Crippen LogP) is 3.09. The van der Waals surface area contributed by atoms with Crippen LogP contribution in [0.25, 0.3) is 0 Å². The zero-order valence-electron chi connectivity index (χ0n) is 12.5. The molecule has 0 aliphatic rings. The number of thioether (sulfide) groups is 1. The summed E-state index contributed by atoms with van der Waals surface area (Å²) in [5.41, 5.74) is 10.0. The quantitative estimate of drug-likeness (QED) is 0.633. The Morgan fingerprint density at radius 3 is 2.81 bits per heavy atom. The summed E-state index contributed by atoms with van der Waals surface area (Å²) in [4.78, 5) is 1.55. The summed E-state index contributed by atoms with van der Waals surface area (Å²) in [6.07, 6.45) is 2.02. The Morgan fingerprint density at radius 2 is 2.24 bits per heavy atom. The topological polar surface area (TPSA) is 55.9 Å². The van der Waals surface area contributed by atoms with Gasteiger partial charge in [-0.15, -0.1) is 11.8 Å². The molecule has 6 heteroatoms. The monoisotopic (exact) mass is 320 g/mol. The van der Waals surface area contributed by atoms with Crippen LogP contribution in [0.15, 0.2) is 29.3 Å². The third-order valence-corrected chi connectivity index (χ3v) is 4.30. The lowest BCUT2D eigenvalue weighted by molar-refractivity contribution is 0.756. The molecule has 0 unspecified atom stereocenters. The van der Waals surface area contributed by atoms with E-state index in [1.807, 2.05) is 37.0 Å². The molecule has 1 aromatic carbocycles. The Morgan fingerprint density at radius 1 is 1.48 bits per heavy atom. The number of hydrogen-bond donors (Lipinski definition) is 2. The minimum Gasteiger partial charge on any atom is -0.389 e. The van der Waals surface area contributed by atoms with Crippen LogP contribution in [-0.4, -0.2) is 20.5 Å². The third-order valence-electron chi connectivity index (χ3n) is 3.16. The van der Waals surface area contributed by atoms with Gasteiger partial charge in [-0.2, -0.15) is 5.10 Å². The van der Waals surface area contributed by atoms with E-state index in [1.54, 1.807) is 11.8 Å². The van der Waals surface area contributed by atoms with Crippen molar-refractivity contribution in [3.8, 4) is 0 Å². The molecule has 0 aliphatic carbocycles. The van der Waals surface area contributed by atoms with E-state index in [0.717, 1.165) is 27.6 Å². The van der Waals surface area contributed by atoms with Gasteiger partial charge >= 0.3 is 0 Å². The smallest absolute Gasteiger partial charge is 0.107 e. The second kappa shape index (κ2) is 6.95. The van der Waals surface area contributed by atoms with Crippen molar-refractivity contribution in [2.24, 2.45) is 12.8 Å². The fourth-order valence-corrected chi connectivity index (χ4v) is 3.36. The number of rotatable bonds is 6. The first kappa shape index (κ1) is 15.9. The van der Waals surface area contributed by atoms with Crippen LogP contribution in [0.1, 0.15) is 23.7 Å². The van der Waals surface area contributed by atoms with E-state index in [-0.39, 0.29) is 0 Å². The fourth-order valence-electron chi connectivity index (χ4n) is 2.22. The standard InChI is InChI=1S/C15H20N4S2/c1-4-21-13-7-5-6-12(14(13)15(16)20)17-8-11-9-19(3)18-10(11)2/h5-7,9,17H,4,8H2,1-3H3,(H2,16,20). The summed E-state index contributed by atoms with van der Waals surface area (Å²) in [6.45, 7) is 4.83. The van der Waals surface area contributed by atoms with E-state index in [9.17, 15) is 0 Å². The van der Waals surface area contributed by atoms with E-state index < -0.39 is 0 Å². The third kappa shape index (κ3) is 3.77. The minimum atomic E-state index is 0.428. The molecule has 1 aromatic heterocycles. The minimum absolute atomic E-state index is 0.428. The molecule has 2 aromatic rings. The molecule has 4 nitrogen and oxygen atoms in total. The van der Waals surface area contributed by atoms with Gasteiger partial charge in [0.2, 0.25) is 0 Å². The van der Waals surface area contributed by atoms with Crippen molar-refractivity contribution in [1.82, 2.24) is 9.78 Å². The molecule has 0 saturated heterocycles. The van der Waals surface area contributed by atoms with Crippen LogP contribution in [-0.2, 0) is 13.6 Å². The molecule has 21 heavy (non-hydrogen) atoms. The molecule has 0 saturated carbocycles. The number of nitrogens with one attached hydrogen (secondary N) is 1. The second-order valence-corrected chi connectivity index (χ2v) is 6.49. The maximum atomic E-state index is 5.91. The highest BCUT2D eigenvalue weighted by Gasteiger charge is 2.12. The molecule has 3 N–H and O–H groups in total. The molecule has 2 rings (SSSR count). The molecule has 0 bridgehead atoms. The summed E-state index contributed by atoms with van der Waals surface area (Å²) in [5, 5.41) is 7.78. The average Bonchev–Trinajstić information content (AvgIpc) is 2.74. The molecule has 112 valence electrons. The molecular weight excluding hydrogens is 300 g/mol.